The van der Waals surface area contributed by atoms with Crippen molar-refractivity contribution in [3.05, 3.63) is 28.2 Å². The Morgan fingerprint density at radius 2 is 2.00 bits per heavy atom. The lowest BCUT2D eigenvalue weighted by atomic mass is 9.87. The normalized spacial score (nSPS) is 25.2. The Labute approximate surface area is 152 Å². The van der Waals surface area contributed by atoms with Gasteiger partial charge in [-0.3, -0.25) is 10.3 Å². The fourth-order valence-corrected chi connectivity index (χ4v) is 4.13. The van der Waals surface area contributed by atoms with Gasteiger partial charge in [-0.05, 0) is 50.6 Å². The molecule has 1 unspecified atom stereocenters. The third-order valence-corrected chi connectivity index (χ3v) is 4.95. The van der Waals surface area contributed by atoms with Gasteiger partial charge in [0.05, 0.1) is 5.69 Å². The molecule has 0 aliphatic carbocycles. The molecule has 2 aliphatic heterocycles. The van der Waals surface area contributed by atoms with Crippen LogP contribution in [0.3, 0.4) is 0 Å². The third-order valence-electron chi connectivity index (χ3n) is 4.51. The minimum absolute atomic E-state index is 0.225. The van der Waals surface area contributed by atoms with Gasteiger partial charge in [-0.15, -0.1) is 0 Å². The van der Waals surface area contributed by atoms with Crippen LogP contribution >= 0.6 is 23.2 Å². The van der Waals surface area contributed by atoms with E-state index in [9.17, 15) is 4.79 Å². The van der Waals surface area contributed by atoms with Crippen molar-refractivity contribution in [2.24, 2.45) is 0 Å². The van der Waals surface area contributed by atoms with E-state index in [1.54, 1.807) is 18.2 Å². The van der Waals surface area contributed by atoms with Gasteiger partial charge < -0.3 is 4.74 Å². The first kappa shape index (κ1) is 17.5. The average molecular weight is 370 g/mol. The van der Waals surface area contributed by atoms with Gasteiger partial charge in [-0.2, -0.15) is 0 Å². The molecule has 1 aromatic rings. The number of likely N-dealkylation sites (tertiary alicyclic amines) is 1. The molecule has 1 N–H and O–H groups in total. The highest BCUT2D eigenvalue weighted by atomic mass is 35.5. The van der Waals surface area contributed by atoms with Gasteiger partial charge in [-0.1, -0.05) is 30.1 Å². The molecule has 0 radical (unpaired) electrons. The summed E-state index contributed by atoms with van der Waals surface area (Å²) < 4.78 is 5.83. The van der Waals surface area contributed by atoms with Crippen molar-refractivity contribution in [1.82, 2.24) is 4.90 Å². The zero-order valence-electron chi connectivity index (χ0n) is 13.6. The van der Waals surface area contributed by atoms with Gasteiger partial charge in [0.2, 0.25) is 0 Å². The second-order valence-corrected chi connectivity index (χ2v) is 7.39. The summed E-state index contributed by atoms with van der Waals surface area (Å²) in [4.78, 5) is 16.2. The highest BCUT2D eigenvalue weighted by Gasteiger charge is 2.46. The van der Waals surface area contributed by atoms with E-state index in [1.807, 2.05) is 0 Å². The molecule has 5 nitrogen and oxygen atoms in total. The van der Waals surface area contributed by atoms with Gasteiger partial charge in [0.1, 0.15) is 11.4 Å². The summed E-state index contributed by atoms with van der Waals surface area (Å²) in [5.74, 6) is 0.225. The minimum atomic E-state index is -0.583. The van der Waals surface area contributed by atoms with Crippen LogP contribution in [-0.4, -0.2) is 42.1 Å². The van der Waals surface area contributed by atoms with Gasteiger partial charge in [0.25, 0.3) is 0 Å². The summed E-state index contributed by atoms with van der Waals surface area (Å²) in [6.07, 6.45) is 2.72. The topological polar surface area (TPSA) is 56.6 Å². The number of benzene rings is 1. The number of anilines is 1. The molecule has 130 valence electrons. The number of amides is 1. The fraction of sp³-hybridized carbons (Fsp3) is 0.529. The highest BCUT2D eigenvalue weighted by Crippen LogP contribution is 2.36. The third kappa shape index (κ3) is 3.53. The number of nitrogens with zero attached hydrogens (tertiary/aromatic N) is 2. The Morgan fingerprint density at radius 1 is 1.29 bits per heavy atom. The van der Waals surface area contributed by atoms with Crippen molar-refractivity contribution >= 4 is 40.8 Å². The number of ether oxygens (including phenoxy) is 1. The summed E-state index contributed by atoms with van der Waals surface area (Å²) in [6, 6.07) is 4.83. The Balaban J connectivity index is 1.82. The first-order valence-corrected chi connectivity index (χ1v) is 8.97. The predicted molar refractivity (Wildman–Crippen MR) is 96.5 cm³/mol. The lowest BCUT2D eigenvalue weighted by Gasteiger charge is -2.46. The van der Waals surface area contributed by atoms with Crippen LogP contribution in [0, 0.1) is 5.41 Å². The maximum atomic E-state index is 12.6. The van der Waals surface area contributed by atoms with Crippen LogP contribution in [0.15, 0.2) is 18.2 Å². The van der Waals surface area contributed by atoms with E-state index in [4.69, 9.17) is 33.3 Å². The number of carbonyl (C=O) groups is 1. The molecule has 2 heterocycles. The summed E-state index contributed by atoms with van der Waals surface area (Å²) in [5.41, 5.74) is -0.112. The number of nitrogens with one attached hydrogen (secondary N) is 1. The first-order valence-electron chi connectivity index (χ1n) is 8.21. The van der Waals surface area contributed by atoms with E-state index in [-0.39, 0.29) is 5.84 Å². The second-order valence-electron chi connectivity index (χ2n) is 6.52. The molecule has 3 rings (SSSR count). The molecule has 0 bridgehead atoms. The predicted octanol–water partition coefficient (Wildman–Crippen LogP) is 4.56. The van der Waals surface area contributed by atoms with Gasteiger partial charge in [0.15, 0.2) is 0 Å². The van der Waals surface area contributed by atoms with Crippen LogP contribution in [-0.2, 0) is 4.74 Å². The zero-order chi connectivity index (χ0) is 17.3. The molecule has 7 heteroatoms. The summed E-state index contributed by atoms with van der Waals surface area (Å²) >= 11 is 12.0. The SMILES string of the molecule is CCCN1CCCC2(CC(=N)N(c3cc(Cl)cc(Cl)c3)C(=O)O2)C1. The summed E-state index contributed by atoms with van der Waals surface area (Å²) in [7, 11) is 0. The van der Waals surface area contributed by atoms with Gasteiger partial charge in [-0.25, -0.2) is 9.69 Å². The molecule has 1 atom stereocenters. The maximum absolute atomic E-state index is 12.6. The van der Waals surface area contributed by atoms with E-state index in [0.29, 0.717) is 28.7 Å². The quantitative estimate of drug-likeness (QED) is 0.849. The molecule has 0 aromatic heterocycles. The van der Waals surface area contributed by atoms with Crippen LogP contribution in [0.1, 0.15) is 32.6 Å². The van der Waals surface area contributed by atoms with E-state index in [2.05, 4.69) is 11.8 Å². The lowest BCUT2D eigenvalue weighted by molar-refractivity contribution is -0.0405. The molecule has 2 fully saturated rings. The van der Waals surface area contributed by atoms with Crippen molar-refractivity contribution in [3.8, 4) is 0 Å². The fourth-order valence-electron chi connectivity index (χ4n) is 3.62. The summed E-state index contributed by atoms with van der Waals surface area (Å²) in [6.45, 7) is 4.84. The van der Waals surface area contributed by atoms with Crippen LogP contribution in [0.2, 0.25) is 10.0 Å². The number of rotatable bonds is 3. The largest absolute Gasteiger partial charge is 0.440 e. The highest BCUT2D eigenvalue weighted by molar-refractivity contribution is 6.35. The van der Waals surface area contributed by atoms with Crippen LogP contribution in [0.4, 0.5) is 10.5 Å². The number of amidine groups is 1. The van der Waals surface area contributed by atoms with Crippen LogP contribution in [0.25, 0.3) is 0 Å². The number of hydrogen-bond acceptors (Lipinski definition) is 4. The van der Waals surface area contributed by atoms with Crippen LogP contribution in [0.5, 0.6) is 0 Å². The zero-order valence-corrected chi connectivity index (χ0v) is 15.2. The molecule has 0 saturated carbocycles. The van der Waals surface area contributed by atoms with E-state index in [1.165, 1.54) is 4.90 Å². The Bertz CT molecular complexity index is 625. The van der Waals surface area contributed by atoms with Crippen molar-refractivity contribution in [2.75, 3.05) is 24.5 Å². The lowest BCUT2D eigenvalue weighted by Crippen LogP contribution is -2.59. The average Bonchev–Trinajstić information content (AvgIpc) is 2.45. The molecule has 2 saturated heterocycles. The summed E-state index contributed by atoms with van der Waals surface area (Å²) in [5, 5.41) is 9.25. The molecular formula is C17H21Cl2N3O2. The second kappa shape index (κ2) is 6.90. The molecule has 2 aliphatic rings. The number of halogens is 2. The van der Waals surface area contributed by atoms with Gasteiger partial charge in [0, 0.05) is 23.0 Å². The van der Waals surface area contributed by atoms with Crippen molar-refractivity contribution in [3.63, 3.8) is 0 Å². The Hall–Kier alpha value is -1.30. The maximum Gasteiger partial charge on any atom is 0.420 e. The van der Waals surface area contributed by atoms with E-state index >= 15 is 0 Å². The number of hydrogen-bond donors (Lipinski definition) is 1. The van der Waals surface area contributed by atoms with Gasteiger partial charge >= 0.3 is 6.09 Å². The van der Waals surface area contributed by atoms with E-state index < -0.39 is 11.7 Å². The van der Waals surface area contributed by atoms with Crippen molar-refractivity contribution < 1.29 is 9.53 Å². The molecular weight excluding hydrogens is 349 g/mol. The first-order chi connectivity index (χ1) is 11.4. The number of carbonyl (C=O) groups excluding carboxylic acids is 1. The standard InChI is InChI=1S/C17H21Cl2N3O2/c1-2-5-21-6-3-4-17(11-21)10-15(20)22(16(23)24-17)14-8-12(18)7-13(19)9-14/h7-9,20H,2-6,10-11H2,1H3. The molecule has 1 spiro atoms. The molecule has 1 amide bonds. The van der Waals surface area contributed by atoms with E-state index in [0.717, 1.165) is 32.4 Å². The number of piperidine rings is 1. The molecule has 1 aromatic carbocycles. The Morgan fingerprint density at radius 3 is 2.62 bits per heavy atom. The monoisotopic (exact) mass is 369 g/mol. The Kier molecular flexibility index (Phi) is 5.04. The van der Waals surface area contributed by atoms with Crippen molar-refractivity contribution in [1.29, 1.82) is 5.41 Å². The van der Waals surface area contributed by atoms with Crippen LogP contribution < -0.4 is 4.90 Å². The molecule has 24 heavy (non-hydrogen) atoms. The van der Waals surface area contributed by atoms with Crippen molar-refractivity contribution in [2.45, 2.75) is 38.2 Å². The smallest absolute Gasteiger partial charge is 0.420 e. The minimum Gasteiger partial charge on any atom is -0.440 e.